The van der Waals surface area contributed by atoms with Crippen molar-refractivity contribution in [1.29, 1.82) is 5.26 Å². The molecule has 0 aliphatic carbocycles. The first-order valence-corrected chi connectivity index (χ1v) is 6.59. The van der Waals surface area contributed by atoms with Crippen molar-refractivity contribution in [2.75, 3.05) is 0 Å². The van der Waals surface area contributed by atoms with Gasteiger partial charge in [0, 0.05) is 17.8 Å². The zero-order valence-electron chi connectivity index (χ0n) is 12.4. The Bertz CT molecular complexity index is 789. The molecule has 0 saturated heterocycles. The van der Waals surface area contributed by atoms with E-state index in [1.54, 1.807) is 19.9 Å². The minimum atomic E-state index is -1.52. The average Bonchev–Trinajstić information content (AvgIpc) is 2.49. The van der Waals surface area contributed by atoms with Crippen molar-refractivity contribution < 1.29 is 19.6 Å². The van der Waals surface area contributed by atoms with Crippen molar-refractivity contribution in [2.45, 2.75) is 19.8 Å². The molecule has 2 N–H and O–H groups in total. The van der Waals surface area contributed by atoms with E-state index in [0.29, 0.717) is 17.0 Å². The summed E-state index contributed by atoms with van der Waals surface area (Å²) in [5.41, 5.74) is 1.47. The molecule has 1 unspecified atom stereocenters. The third-order valence-corrected chi connectivity index (χ3v) is 3.43. The minimum Gasteiger partial charge on any atom is -0.449 e. The van der Waals surface area contributed by atoms with Crippen LogP contribution in [0.1, 0.15) is 25.3 Å². The Kier molecular flexibility index (Phi) is 4.32. The number of allylic oxidation sites excluding steroid dienone is 3. The number of carbonyl (C=O) groups is 1. The van der Waals surface area contributed by atoms with Crippen LogP contribution in [0, 0.1) is 21.4 Å². The summed E-state index contributed by atoms with van der Waals surface area (Å²) < 4.78 is 4.83. The molecule has 0 spiro atoms. The Hall–Kier alpha value is -3.34. The average molecular weight is 315 g/mol. The van der Waals surface area contributed by atoms with Gasteiger partial charge in [0.15, 0.2) is 0 Å². The standard InChI is InChI=1S/C15H13N3O5/c1-8-12(7-16)13(14(9(2)17-8)23-15(19)20)10-4-3-5-11(6-10)18(21)22/h3-6,13,17H,1-2H3,(H,19,20). The molecule has 1 heterocycles. The van der Waals surface area contributed by atoms with Crippen LogP contribution in [-0.4, -0.2) is 16.2 Å². The van der Waals surface area contributed by atoms with Crippen molar-refractivity contribution in [3.8, 4) is 6.07 Å². The largest absolute Gasteiger partial charge is 0.511 e. The van der Waals surface area contributed by atoms with Gasteiger partial charge < -0.3 is 15.2 Å². The molecule has 0 radical (unpaired) electrons. The number of ether oxygens (including phenoxy) is 1. The first kappa shape index (κ1) is 16.0. The summed E-state index contributed by atoms with van der Waals surface area (Å²) in [7, 11) is 0. The van der Waals surface area contributed by atoms with E-state index < -0.39 is 17.0 Å². The highest BCUT2D eigenvalue weighted by molar-refractivity contribution is 5.61. The number of nitrogens with zero attached hydrogens (tertiary/aromatic N) is 2. The van der Waals surface area contributed by atoms with Gasteiger partial charge in [-0.1, -0.05) is 12.1 Å². The number of benzene rings is 1. The number of rotatable bonds is 3. The number of hydrogen-bond acceptors (Lipinski definition) is 6. The second kappa shape index (κ2) is 6.19. The van der Waals surface area contributed by atoms with Crippen LogP contribution in [0.4, 0.5) is 10.5 Å². The summed E-state index contributed by atoms with van der Waals surface area (Å²) in [4.78, 5) is 21.3. The number of hydrogen-bond donors (Lipinski definition) is 2. The van der Waals surface area contributed by atoms with Gasteiger partial charge >= 0.3 is 6.16 Å². The summed E-state index contributed by atoms with van der Waals surface area (Å²) in [6.45, 7) is 3.28. The van der Waals surface area contributed by atoms with Gasteiger partial charge in [0.2, 0.25) is 0 Å². The van der Waals surface area contributed by atoms with Gasteiger partial charge in [-0.15, -0.1) is 0 Å². The predicted octanol–water partition coefficient (Wildman–Crippen LogP) is 3.01. The van der Waals surface area contributed by atoms with Crippen molar-refractivity contribution in [3.05, 3.63) is 62.7 Å². The molecule has 1 aliphatic rings. The van der Waals surface area contributed by atoms with Crippen molar-refractivity contribution >= 4 is 11.8 Å². The van der Waals surface area contributed by atoms with Gasteiger partial charge in [-0.3, -0.25) is 10.1 Å². The van der Waals surface area contributed by atoms with Gasteiger partial charge in [0.25, 0.3) is 5.69 Å². The lowest BCUT2D eigenvalue weighted by Crippen LogP contribution is -2.26. The van der Waals surface area contributed by atoms with Crippen LogP contribution in [0.15, 0.2) is 47.0 Å². The van der Waals surface area contributed by atoms with Crippen LogP contribution >= 0.6 is 0 Å². The van der Waals surface area contributed by atoms with Gasteiger partial charge in [-0.2, -0.15) is 5.26 Å². The van der Waals surface area contributed by atoms with Crippen molar-refractivity contribution in [3.63, 3.8) is 0 Å². The highest BCUT2D eigenvalue weighted by Crippen LogP contribution is 2.39. The van der Waals surface area contributed by atoms with Crippen LogP contribution in [-0.2, 0) is 4.74 Å². The second-order valence-corrected chi connectivity index (χ2v) is 4.92. The number of carboxylic acid groups (broad SMARTS) is 1. The molecule has 23 heavy (non-hydrogen) atoms. The predicted molar refractivity (Wildman–Crippen MR) is 79.1 cm³/mol. The molecule has 118 valence electrons. The maximum atomic E-state index is 11.0. The smallest absolute Gasteiger partial charge is 0.449 e. The van der Waals surface area contributed by atoms with Crippen LogP contribution in [0.25, 0.3) is 0 Å². The normalized spacial score (nSPS) is 17.3. The monoisotopic (exact) mass is 315 g/mol. The summed E-state index contributed by atoms with van der Waals surface area (Å²) in [6.07, 6.45) is -1.52. The van der Waals surface area contributed by atoms with E-state index in [2.05, 4.69) is 5.32 Å². The lowest BCUT2D eigenvalue weighted by Gasteiger charge is -2.27. The highest BCUT2D eigenvalue weighted by atomic mass is 16.7. The van der Waals surface area contributed by atoms with Crippen LogP contribution in [0.3, 0.4) is 0 Å². The second-order valence-electron chi connectivity index (χ2n) is 4.92. The van der Waals surface area contributed by atoms with Crippen LogP contribution in [0.2, 0.25) is 0 Å². The van der Waals surface area contributed by atoms with E-state index in [0.717, 1.165) is 0 Å². The maximum absolute atomic E-state index is 11.0. The van der Waals surface area contributed by atoms with Gasteiger partial charge in [0.05, 0.1) is 28.2 Å². The Morgan fingerprint density at radius 2 is 2.13 bits per heavy atom. The number of non-ortho nitro benzene ring substituents is 1. The van der Waals surface area contributed by atoms with Crippen molar-refractivity contribution in [2.24, 2.45) is 0 Å². The summed E-state index contributed by atoms with van der Waals surface area (Å²) in [5, 5.41) is 32.2. The van der Waals surface area contributed by atoms with E-state index in [1.807, 2.05) is 6.07 Å². The Balaban J connectivity index is 2.63. The fourth-order valence-electron chi connectivity index (χ4n) is 2.49. The SMILES string of the molecule is CC1=C(C#N)C(c2cccc([N+](=O)[O-])c2)C(OC(=O)O)=C(C)N1. The number of nitro benzene ring substituents is 1. The van der Waals surface area contributed by atoms with E-state index in [-0.39, 0.29) is 17.0 Å². The number of nitro groups is 1. The lowest BCUT2D eigenvalue weighted by atomic mass is 9.85. The molecule has 8 nitrogen and oxygen atoms in total. The summed E-state index contributed by atoms with van der Waals surface area (Å²) in [5.74, 6) is -0.794. The van der Waals surface area contributed by atoms with Gasteiger partial charge in [0.1, 0.15) is 5.76 Å². The Morgan fingerprint density at radius 1 is 1.43 bits per heavy atom. The Morgan fingerprint density at radius 3 is 2.70 bits per heavy atom. The number of nitrogens with one attached hydrogen (secondary N) is 1. The molecule has 1 aromatic rings. The fourth-order valence-corrected chi connectivity index (χ4v) is 2.49. The molecular formula is C15H13N3O5. The molecule has 0 bridgehead atoms. The fraction of sp³-hybridized carbons (Fsp3) is 0.200. The summed E-state index contributed by atoms with van der Waals surface area (Å²) in [6, 6.07) is 7.71. The summed E-state index contributed by atoms with van der Waals surface area (Å²) >= 11 is 0. The van der Waals surface area contributed by atoms with E-state index >= 15 is 0 Å². The number of nitriles is 1. The molecule has 0 fully saturated rings. The molecule has 1 atom stereocenters. The molecule has 0 amide bonds. The minimum absolute atomic E-state index is 0.0279. The molecule has 1 aromatic carbocycles. The lowest BCUT2D eigenvalue weighted by molar-refractivity contribution is -0.384. The first-order chi connectivity index (χ1) is 10.8. The van der Waals surface area contributed by atoms with Gasteiger partial charge in [-0.05, 0) is 19.4 Å². The van der Waals surface area contributed by atoms with Crippen LogP contribution < -0.4 is 5.32 Å². The maximum Gasteiger partial charge on any atom is 0.511 e. The number of dihydropyridines is 1. The third kappa shape index (κ3) is 3.13. The molecule has 0 saturated carbocycles. The Labute approximate surface area is 131 Å². The zero-order valence-corrected chi connectivity index (χ0v) is 12.4. The van der Waals surface area contributed by atoms with E-state index in [1.165, 1.54) is 18.2 Å². The van der Waals surface area contributed by atoms with Gasteiger partial charge in [-0.25, -0.2) is 4.79 Å². The van der Waals surface area contributed by atoms with E-state index in [9.17, 15) is 20.2 Å². The topological polar surface area (TPSA) is 125 Å². The quantitative estimate of drug-likeness (QED) is 0.498. The zero-order chi connectivity index (χ0) is 17.1. The highest BCUT2D eigenvalue weighted by Gasteiger charge is 2.32. The first-order valence-electron chi connectivity index (χ1n) is 6.59. The van der Waals surface area contributed by atoms with E-state index in [4.69, 9.17) is 9.84 Å². The molecule has 0 aromatic heterocycles. The molecule has 8 heteroatoms. The van der Waals surface area contributed by atoms with Crippen molar-refractivity contribution in [1.82, 2.24) is 5.32 Å². The molecule has 1 aliphatic heterocycles. The molecular weight excluding hydrogens is 302 g/mol. The molecule has 2 rings (SSSR count). The van der Waals surface area contributed by atoms with Crippen LogP contribution in [0.5, 0.6) is 0 Å². The third-order valence-electron chi connectivity index (χ3n) is 3.43.